The number of benzene rings is 2. The molecular formula is C25H30ClN3O4. The Labute approximate surface area is 199 Å². The van der Waals surface area contributed by atoms with Gasteiger partial charge in [-0.15, -0.1) is 0 Å². The lowest BCUT2D eigenvalue weighted by Gasteiger charge is -2.18. The fraction of sp³-hybridized carbons (Fsp3) is 0.360. The Hall–Kier alpha value is -3.03. The Morgan fingerprint density at radius 1 is 1.09 bits per heavy atom. The SMILES string of the molecule is COCCOc1ccc(C(C)NC(=O)c2cnn(-c3cccc(Cl)c3)c2C(C)C)cc1OC. The summed E-state index contributed by atoms with van der Waals surface area (Å²) in [4.78, 5) is 13.2. The van der Waals surface area contributed by atoms with E-state index in [1.807, 2.05) is 57.2 Å². The summed E-state index contributed by atoms with van der Waals surface area (Å²) in [6.45, 7) is 6.90. The number of halogens is 1. The largest absolute Gasteiger partial charge is 0.493 e. The van der Waals surface area contributed by atoms with Gasteiger partial charge < -0.3 is 19.5 Å². The summed E-state index contributed by atoms with van der Waals surface area (Å²) in [5, 5.41) is 8.16. The van der Waals surface area contributed by atoms with Crippen molar-refractivity contribution < 1.29 is 19.0 Å². The minimum atomic E-state index is -0.256. The van der Waals surface area contributed by atoms with Crippen molar-refractivity contribution in [1.82, 2.24) is 15.1 Å². The molecule has 0 saturated heterocycles. The van der Waals surface area contributed by atoms with E-state index in [-0.39, 0.29) is 17.9 Å². The summed E-state index contributed by atoms with van der Waals surface area (Å²) < 4.78 is 17.9. The lowest BCUT2D eigenvalue weighted by atomic mass is 10.0. The molecule has 0 saturated carbocycles. The molecule has 0 aliphatic heterocycles. The maximum atomic E-state index is 13.2. The molecule has 0 spiro atoms. The van der Waals surface area contributed by atoms with Gasteiger partial charge in [-0.05, 0) is 48.7 Å². The van der Waals surface area contributed by atoms with Crippen LogP contribution in [0.1, 0.15) is 54.3 Å². The third-order valence-corrected chi connectivity index (χ3v) is 5.47. The number of carbonyl (C=O) groups excluding carboxylic acids is 1. The molecule has 3 aromatic rings. The van der Waals surface area contributed by atoms with Crippen LogP contribution < -0.4 is 14.8 Å². The second-order valence-electron chi connectivity index (χ2n) is 7.94. The predicted octanol–water partition coefficient (Wildman–Crippen LogP) is 5.17. The molecule has 1 amide bonds. The molecule has 0 bridgehead atoms. The summed E-state index contributed by atoms with van der Waals surface area (Å²) in [5.74, 6) is 1.10. The van der Waals surface area contributed by atoms with E-state index >= 15 is 0 Å². The fourth-order valence-corrected chi connectivity index (χ4v) is 3.75. The van der Waals surface area contributed by atoms with E-state index in [9.17, 15) is 4.79 Å². The van der Waals surface area contributed by atoms with E-state index < -0.39 is 0 Å². The third kappa shape index (κ3) is 5.86. The van der Waals surface area contributed by atoms with Gasteiger partial charge in [-0.2, -0.15) is 5.10 Å². The van der Waals surface area contributed by atoms with Crippen LogP contribution in [-0.2, 0) is 4.74 Å². The number of hydrogen-bond acceptors (Lipinski definition) is 5. The van der Waals surface area contributed by atoms with Gasteiger partial charge in [0, 0.05) is 12.1 Å². The van der Waals surface area contributed by atoms with Gasteiger partial charge in [0.2, 0.25) is 0 Å². The van der Waals surface area contributed by atoms with Crippen molar-refractivity contribution in [3.8, 4) is 17.2 Å². The molecule has 0 aliphatic rings. The Bertz CT molecular complexity index is 1100. The number of nitrogens with zero attached hydrogens (tertiary/aromatic N) is 2. The number of amides is 1. The molecule has 0 aliphatic carbocycles. The van der Waals surface area contributed by atoms with Crippen molar-refractivity contribution in [2.24, 2.45) is 0 Å². The second kappa shape index (κ2) is 11.2. The van der Waals surface area contributed by atoms with Gasteiger partial charge in [0.1, 0.15) is 6.61 Å². The smallest absolute Gasteiger partial charge is 0.255 e. The minimum absolute atomic E-state index is 0.0752. The van der Waals surface area contributed by atoms with Crippen LogP contribution in [0.4, 0.5) is 0 Å². The Kier molecular flexibility index (Phi) is 8.36. The molecule has 33 heavy (non-hydrogen) atoms. The first-order valence-corrected chi connectivity index (χ1v) is 11.2. The van der Waals surface area contributed by atoms with Crippen molar-refractivity contribution in [2.45, 2.75) is 32.7 Å². The van der Waals surface area contributed by atoms with E-state index in [0.29, 0.717) is 35.3 Å². The van der Waals surface area contributed by atoms with Crippen LogP contribution >= 0.6 is 11.6 Å². The zero-order valence-electron chi connectivity index (χ0n) is 19.6. The standard InChI is InChI=1S/C25H30ClN3O4/c1-16(2)24-21(15-27-29(24)20-8-6-7-19(26)14-20)25(30)28-17(3)18-9-10-22(23(13-18)32-5)33-12-11-31-4/h6-10,13-17H,11-12H2,1-5H3,(H,28,30). The number of carbonyl (C=O) groups is 1. The maximum absolute atomic E-state index is 13.2. The van der Waals surface area contributed by atoms with Crippen LogP contribution in [-0.4, -0.2) is 43.1 Å². The number of hydrogen-bond donors (Lipinski definition) is 1. The summed E-state index contributed by atoms with van der Waals surface area (Å²) in [7, 11) is 3.21. The van der Waals surface area contributed by atoms with Gasteiger partial charge >= 0.3 is 0 Å². The van der Waals surface area contributed by atoms with Crippen molar-refractivity contribution in [2.75, 3.05) is 27.4 Å². The van der Waals surface area contributed by atoms with Crippen molar-refractivity contribution in [3.63, 3.8) is 0 Å². The van der Waals surface area contributed by atoms with Crippen LogP contribution in [0.5, 0.6) is 11.5 Å². The summed E-state index contributed by atoms with van der Waals surface area (Å²) in [6, 6.07) is 12.8. The van der Waals surface area contributed by atoms with Crippen LogP contribution in [0.25, 0.3) is 5.69 Å². The first kappa shape index (κ1) is 24.6. The van der Waals surface area contributed by atoms with Gasteiger partial charge in [-0.25, -0.2) is 4.68 Å². The highest BCUT2D eigenvalue weighted by Gasteiger charge is 2.23. The van der Waals surface area contributed by atoms with E-state index in [4.69, 9.17) is 25.8 Å². The molecule has 7 nitrogen and oxygen atoms in total. The zero-order valence-corrected chi connectivity index (χ0v) is 20.3. The number of rotatable bonds is 10. The van der Waals surface area contributed by atoms with Crippen LogP contribution in [0.3, 0.4) is 0 Å². The molecule has 1 aromatic heterocycles. The summed E-state index contributed by atoms with van der Waals surface area (Å²) >= 11 is 6.16. The highest BCUT2D eigenvalue weighted by atomic mass is 35.5. The zero-order chi connectivity index (χ0) is 24.0. The normalized spacial score (nSPS) is 12.0. The molecule has 2 aromatic carbocycles. The minimum Gasteiger partial charge on any atom is -0.493 e. The number of aromatic nitrogens is 2. The lowest BCUT2D eigenvalue weighted by molar-refractivity contribution is 0.0938. The molecule has 0 radical (unpaired) electrons. The average molecular weight is 472 g/mol. The van der Waals surface area contributed by atoms with E-state index in [2.05, 4.69) is 10.4 Å². The molecule has 1 heterocycles. The van der Waals surface area contributed by atoms with E-state index in [1.165, 1.54) is 0 Å². The van der Waals surface area contributed by atoms with Crippen LogP contribution in [0, 0.1) is 0 Å². The number of methoxy groups -OCH3 is 2. The molecule has 1 atom stereocenters. The fourth-order valence-electron chi connectivity index (χ4n) is 3.57. The molecule has 176 valence electrons. The molecule has 1 N–H and O–H groups in total. The Morgan fingerprint density at radius 3 is 2.55 bits per heavy atom. The summed E-state index contributed by atoms with van der Waals surface area (Å²) in [5.41, 5.74) is 3.06. The van der Waals surface area contributed by atoms with Crippen molar-refractivity contribution in [1.29, 1.82) is 0 Å². The first-order valence-electron chi connectivity index (χ1n) is 10.8. The number of nitrogens with one attached hydrogen (secondary N) is 1. The predicted molar refractivity (Wildman–Crippen MR) is 129 cm³/mol. The van der Waals surface area contributed by atoms with Gasteiger partial charge in [0.25, 0.3) is 5.91 Å². The van der Waals surface area contributed by atoms with Crippen molar-refractivity contribution in [3.05, 3.63) is 70.5 Å². The van der Waals surface area contributed by atoms with Gasteiger partial charge in [-0.3, -0.25) is 4.79 Å². The molecule has 3 rings (SSSR count). The summed E-state index contributed by atoms with van der Waals surface area (Å²) in [6.07, 6.45) is 1.60. The van der Waals surface area contributed by atoms with E-state index in [0.717, 1.165) is 16.9 Å². The highest BCUT2D eigenvalue weighted by molar-refractivity contribution is 6.30. The Balaban J connectivity index is 1.81. The lowest BCUT2D eigenvalue weighted by Crippen LogP contribution is -2.27. The molecule has 0 fully saturated rings. The molecule has 1 unspecified atom stereocenters. The maximum Gasteiger partial charge on any atom is 0.255 e. The van der Waals surface area contributed by atoms with Crippen molar-refractivity contribution >= 4 is 17.5 Å². The van der Waals surface area contributed by atoms with Gasteiger partial charge in [0.05, 0.1) is 42.9 Å². The first-order chi connectivity index (χ1) is 15.8. The third-order valence-electron chi connectivity index (χ3n) is 5.23. The Morgan fingerprint density at radius 2 is 1.88 bits per heavy atom. The van der Waals surface area contributed by atoms with Crippen LogP contribution in [0.2, 0.25) is 5.02 Å². The monoisotopic (exact) mass is 471 g/mol. The quantitative estimate of drug-likeness (QED) is 0.413. The van der Waals surface area contributed by atoms with Gasteiger partial charge in [0.15, 0.2) is 11.5 Å². The van der Waals surface area contributed by atoms with Crippen LogP contribution in [0.15, 0.2) is 48.7 Å². The average Bonchev–Trinajstić information content (AvgIpc) is 3.25. The second-order valence-corrected chi connectivity index (χ2v) is 8.37. The highest BCUT2D eigenvalue weighted by Crippen LogP contribution is 2.31. The van der Waals surface area contributed by atoms with Gasteiger partial charge in [-0.1, -0.05) is 37.6 Å². The van der Waals surface area contributed by atoms with E-state index in [1.54, 1.807) is 31.2 Å². The molecule has 8 heteroatoms. The molecular weight excluding hydrogens is 442 g/mol. The number of ether oxygens (including phenoxy) is 3. The topological polar surface area (TPSA) is 74.6 Å².